The Balaban J connectivity index is 2.78. The maximum absolute atomic E-state index is 5.57. The van der Waals surface area contributed by atoms with Crippen LogP contribution in [-0.2, 0) is 6.54 Å². The van der Waals surface area contributed by atoms with Crippen molar-refractivity contribution in [1.29, 1.82) is 0 Å². The van der Waals surface area contributed by atoms with Gasteiger partial charge in [-0.15, -0.1) is 0 Å². The Morgan fingerprint density at radius 2 is 2.06 bits per heavy atom. The summed E-state index contributed by atoms with van der Waals surface area (Å²) in [4.78, 5) is 0. The summed E-state index contributed by atoms with van der Waals surface area (Å²) < 4.78 is 11.1. The van der Waals surface area contributed by atoms with Crippen LogP contribution in [0.4, 0.5) is 0 Å². The predicted molar refractivity (Wildman–Crippen MR) is 70.7 cm³/mol. The molecule has 0 aliphatic rings. The van der Waals surface area contributed by atoms with Gasteiger partial charge in [-0.2, -0.15) is 0 Å². The molecule has 0 saturated carbocycles. The van der Waals surface area contributed by atoms with Crippen LogP contribution in [0.5, 0.6) is 11.5 Å². The first kappa shape index (κ1) is 13.6. The van der Waals surface area contributed by atoms with E-state index in [9.17, 15) is 0 Å². The van der Waals surface area contributed by atoms with Gasteiger partial charge in [-0.1, -0.05) is 25.6 Å². The van der Waals surface area contributed by atoms with E-state index in [1.54, 1.807) is 6.08 Å². The van der Waals surface area contributed by atoms with E-state index in [2.05, 4.69) is 18.8 Å². The third-order valence-corrected chi connectivity index (χ3v) is 2.24. The smallest absolute Gasteiger partial charge is 0.161 e. The van der Waals surface area contributed by atoms with E-state index < -0.39 is 0 Å². The summed E-state index contributed by atoms with van der Waals surface area (Å²) in [5.74, 6) is 1.57. The SMILES string of the molecule is C=CCOc1ccc(CNCC)cc1OCC. The summed E-state index contributed by atoms with van der Waals surface area (Å²) in [6.07, 6.45) is 1.72. The van der Waals surface area contributed by atoms with E-state index in [4.69, 9.17) is 9.47 Å². The second-order valence-electron chi connectivity index (χ2n) is 3.59. The number of hydrogen-bond acceptors (Lipinski definition) is 3. The molecule has 0 aliphatic carbocycles. The van der Waals surface area contributed by atoms with Crippen molar-refractivity contribution in [2.75, 3.05) is 19.8 Å². The summed E-state index contributed by atoms with van der Waals surface area (Å²) in [6.45, 7) is 10.6. The first-order valence-electron chi connectivity index (χ1n) is 6.02. The van der Waals surface area contributed by atoms with Crippen LogP contribution in [0.15, 0.2) is 30.9 Å². The molecule has 0 fully saturated rings. The Morgan fingerprint density at radius 3 is 2.71 bits per heavy atom. The van der Waals surface area contributed by atoms with Gasteiger partial charge in [0.2, 0.25) is 0 Å². The molecule has 0 aromatic heterocycles. The molecular formula is C14H21NO2. The van der Waals surface area contributed by atoms with Gasteiger partial charge >= 0.3 is 0 Å². The van der Waals surface area contributed by atoms with Crippen LogP contribution in [0.3, 0.4) is 0 Å². The minimum absolute atomic E-state index is 0.493. The average molecular weight is 235 g/mol. The number of hydrogen-bond donors (Lipinski definition) is 1. The fourth-order valence-electron chi connectivity index (χ4n) is 1.47. The molecule has 0 radical (unpaired) electrons. The molecule has 17 heavy (non-hydrogen) atoms. The molecule has 0 spiro atoms. The van der Waals surface area contributed by atoms with Crippen LogP contribution in [0, 0.1) is 0 Å². The Labute approximate surface area is 103 Å². The molecule has 0 unspecified atom stereocenters. The average Bonchev–Trinajstić information content (AvgIpc) is 2.35. The molecule has 0 bridgehead atoms. The van der Waals surface area contributed by atoms with Gasteiger partial charge in [-0.05, 0) is 31.2 Å². The molecule has 94 valence electrons. The third-order valence-electron chi connectivity index (χ3n) is 2.24. The van der Waals surface area contributed by atoms with Crippen molar-refractivity contribution < 1.29 is 9.47 Å². The quantitative estimate of drug-likeness (QED) is 0.703. The van der Waals surface area contributed by atoms with Crippen LogP contribution in [-0.4, -0.2) is 19.8 Å². The van der Waals surface area contributed by atoms with Crippen molar-refractivity contribution in [2.45, 2.75) is 20.4 Å². The van der Waals surface area contributed by atoms with Gasteiger partial charge in [0.1, 0.15) is 6.61 Å². The normalized spacial score (nSPS) is 10.0. The predicted octanol–water partition coefficient (Wildman–Crippen LogP) is 2.76. The fourth-order valence-corrected chi connectivity index (χ4v) is 1.47. The molecule has 3 nitrogen and oxygen atoms in total. The molecule has 1 aromatic rings. The van der Waals surface area contributed by atoms with Crippen LogP contribution < -0.4 is 14.8 Å². The van der Waals surface area contributed by atoms with Crippen LogP contribution in [0.2, 0.25) is 0 Å². The zero-order chi connectivity index (χ0) is 12.5. The second-order valence-corrected chi connectivity index (χ2v) is 3.59. The molecule has 1 rings (SSSR count). The highest BCUT2D eigenvalue weighted by Gasteiger charge is 2.05. The zero-order valence-electron chi connectivity index (χ0n) is 10.7. The van der Waals surface area contributed by atoms with E-state index in [1.807, 2.05) is 25.1 Å². The number of rotatable bonds is 8. The van der Waals surface area contributed by atoms with Gasteiger partial charge in [-0.25, -0.2) is 0 Å². The Bertz CT molecular complexity index is 350. The number of ether oxygens (including phenoxy) is 2. The Hall–Kier alpha value is -1.48. The van der Waals surface area contributed by atoms with E-state index in [0.717, 1.165) is 24.6 Å². The highest BCUT2D eigenvalue weighted by atomic mass is 16.5. The van der Waals surface area contributed by atoms with E-state index >= 15 is 0 Å². The maximum atomic E-state index is 5.57. The van der Waals surface area contributed by atoms with Gasteiger partial charge in [0.15, 0.2) is 11.5 Å². The molecule has 0 aliphatic heterocycles. The third kappa shape index (κ3) is 4.49. The molecule has 0 heterocycles. The van der Waals surface area contributed by atoms with E-state index in [0.29, 0.717) is 13.2 Å². The summed E-state index contributed by atoms with van der Waals surface area (Å²) in [5.41, 5.74) is 1.20. The summed E-state index contributed by atoms with van der Waals surface area (Å²) >= 11 is 0. The number of nitrogens with one attached hydrogen (secondary N) is 1. The molecule has 3 heteroatoms. The first-order valence-corrected chi connectivity index (χ1v) is 6.02. The van der Waals surface area contributed by atoms with Crippen molar-refractivity contribution in [3.8, 4) is 11.5 Å². The molecule has 1 aromatic carbocycles. The van der Waals surface area contributed by atoms with E-state index in [-0.39, 0.29) is 0 Å². The Morgan fingerprint density at radius 1 is 1.24 bits per heavy atom. The fraction of sp³-hybridized carbons (Fsp3) is 0.429. The summed E-state index contributed by atoms with van der Waals surface area (Å²) in [6, 6.07) is 6.01. The number of benzene rings is 1. The van der Waals surface area contributed by atoms with Crippen molar-refractivity contribution in [3.05, 3.63) is 36.4 Å². The first-order chi connectivity index (χ1) is 8.31. The molecule has 1 N–H and O–H groups in total. The maximum Gasteiger partial charge on any atom is 0.161 e. The topological polar surface area (TPSA) is 30.5 Å². The lowest BCUT2D eigenvalue weighted by Gasteiger charge is -2.12. The molecule has 0 amide bonds. The van der Waals surface area contributed by atoms with Crippen LogP contribution in [0.25, 0.3) is 0 Å². The minimum Gasteiger partial charge on any atom is -0.490 e. The molecular weight excluding hydrogens is 214 g/mol. The largest absolute Gasteiger partial charge is 0.490 e. The zero-order valence-corrected chi connectivity index (χ0v) is 10.7. The van der Waals surface area contributed by atoms with Crippen molar-refractivity contribution in [2.24, 2.45) is 0 Å². The van der Waals surface area contributed by atoms with Gasteiger partial charge in [0.25, 0.3) is 0 Å². The van der Waals surface area contributed by atoms with Gasteiger partial charge in [0.05, 0.1) is 6.61 Å². The van der Waals surface area contributed by atoms with Crippen LogP contribution >= 0.6 is 0 Å². The Kier molecular flexibility index (Phi) is 6.18. The van der Waals surface area contributed by atoms with Crippen LogP contribution in [0.1, 0.15) is 19.4 Å². The van der Waals surface area contributed by atoms with Gasteiger partial charge in [-0.3, -0.25) is 0 Å². The van der Waals surface area contributed by atoms with E-state index in [1.165, 1.54) is 5.56 Å². The van der Waals surface area contributed by atoms with Crippen molar-refractivity contribution >= 4 is 0 Å². The molecule has 0 saturated heterocycles. The lowest BCUT2D eigenvalue weighted by atomic mass is 10.2. The lowest BCUT2D eigenvalue weighted by molar-refractivity contribution is 0.296. The minimum atomic E-state index is 0.493. The highest BCUT2D eigenvalue weighted by Crippen LogP contribution is 2.28. The van der Waals surface area contributed by atoms with Crippen molar-refractivity contribution in [3.63, 3.8) is 0 Å². The second kappa shape index (κ2) is 7.74. The monoisotopic (exact) mass is 235 g/mol. The molecule has 0 atom stereocenters. The standard InChI is InChI=1S/C14H21NO2/c1-4-9-17-13-8-7-12(11-15-5-2)10-14(13)16-6-3/h4,7-8,10,15H,1,5-6,9,11H2,2-3H3. The lowest BCUT2D eigenvalue weighted by Crippen LogP contribution is -2.11. The highest BCUT2D eigenvalue weighted by molar-refractivity contribution is 5.43. The van der Waals surface area contributed by atoms with Gasteiger partial charge < -0.3 is 14.8 Å². The summed E-state index contributed by atoms with van der Waals surface area (Å²) in [5, 5.41) is 3.28. The van der Waals surface area contributed by atoms with Gasteiger partial charge in [0, 0.05) is 6.54 Å². The summed E-state index contributed by atoms with van der Waals surface area (Å²) in [7, 11) is 0. The van der Waals surface area contributed by atoms with Crippen molar-refractivity contribution in [1.82, 2.24) is 5.32 Å².